The zero-order valence-corrected chi connectivity index (χ0v) is 19.0. The molecule has 0 bridgehead atoms. The van der Waals surface area contributed by atoms with Crippen LogP contribution in [0.25, 0.3) is 0 Å². The fourth-order valence-corrected chi connectivity index (χ4v) is 4.00. The Bertz CT molecular complexity index is 675. The predicted octanol–water partition coefficient (Wildman–Crippen LogP) is 5.49. The first-order valence-corrected chi connectivity index (χ1v) is 10.4. The van der Waals surface area contributed by atoms with Gasteiger partial charge in [0.25, 0.3) is 0 Å². The molecule has 2 aromatic rings. The van der Waals surface area contributed by atoms with Crippen LogP contribution in [-0.2, 0) is 0 Å². The molecular weight excluding hydrogens is 346 g/mol. The Hall–Kier alpha value is -2.30. The zero-order chi connectivity index (χ0) is 21.0. The topological polar surface area (TPSA) is 35.5 Å². The molecule has 0 unspecified atom stereocenters. The molecule has 2 heterocycles. The summed E-state index contributed by atoms with van der Waals surface area (Å²) in [6, 6.07) is 9.74. The lowest BCUT2D eigenvalue weighted by Gasteiger charge is -2.37. The van der Waals surface area contributed by atoms with E-state index in [9.17, 15) is 0 Å². The highest BCUT2D eigenvalue weighted by atomic mass is 15.3. The molecule has 5 heteroatoms. The maximum atomic E-state index is 4.76. The predicted molar refractivity (Wildman–Crippen MR) is 122 cm³/mol. The second kappa shape index (κ2) is 9.26. The zero-order valence-electron chi connectivity index (χ0n) is 19.0. The molecule has 0 aromatic carbocycles. The van der Waals surface area contributed by atoms with Crippen molar-refractivity contribution in [3.63, 3.8) is 0 Å². The van der Waals surface area contributed by atoms with Gasteiger partial charge < -0.3 is 14.7 Å². The van der Waals surface area contributed by atoms with Crippen LogP contribution in [-0.4, -0.2) is 41.2 Å². The van der Waals surface area contributed by atoms with Gasteiger partial charge in [0, 0.05) is 43.6 Å². The number of hydrogen-bond donors (Lipinski definition) is 0. The molecule has 5 nitrogen and oxygen atoms in total. The largest absolute Gasteiger partial charge is 0.350 e. The molecule has 0 aliphatic rings. The number of nitrogens with zero attached hydrogens (tertiary/aromatic N) is 5. The monoisotopic (exact) mass is 383 g/mol. The third-order valence-corrected chi connectivity index (χ3v) is 4.97. The van der Waals surface area contributed by atoms with Crippen LogP contribution >= 0.6 is 0 Å². The summed E-state index contributed by atoms with van der Waals surface area (Å²) in [4.78, 5) is 16.5. The van der Waals surface area contributed by atoms with Crippen LogP contribution in [0.1, 0.15) is 55.4 Å². The number of aromatic nitrogens is 2. The fraction of sp³-hybridized carbons (Fsp3) is 0.565. The van der Waals surface area contributed by atoms with Gasteiger partial charge in [-0.3, -0.25) is 0 Å². The lowest BCUT2D eigenvalue weighted by molar-refractivity contribution is 0.598. The summed E-state index contributed by atoms with van der Waals surface area (Å²) in [6.45, 7) is 17.7. The molecule has 2 rings (SSSR count). The van der Waals surface area contributed by atoms with Crippen molar-refractivity contribution >= 4 is 23.0 Å². The highest BCUT2D eigenvalue weighted by Crippen LogP contribution is 2.38. The van der Waals surface area contributed by atoms with E-state index in [1.807, 2.05) is 24.5 Å². The van der Waals surface area contributed by atoms with Crippen molar-refractivity contribution in [2.75, 3.05) is 21.7 Å². The van der Waals surface area contributed by atoms with Crippen LogP contribution < -0.4 is 14.7 Å². The van der Waals surface area contributed by atoms with Gasteiger partial charge in [-0.1, -0.05) is 0 Å². The van der Waals surface area contributed by atoms with Gasteiger partial charge in [0.05, 0.1) is 11.4 Å². The second-order valence-electron chi connectivity index (χ2n) is 8.44. The normalized spacial score (nSPS) is 11.6. The van der Waals surface area contributed by atoms with E-state index >= 15 is 0 Å². The van der Waals surface area contributed by atoms with Crippen molar-refractivity contribution in [1.29, 1.82) is 0 Å². The first kappa shape index (κ1) is 22.0. The molecule has 0 radical (unpaired) electrons. The molecule has 0 saturated heterocycles. The van der Waals surface area contributed by atoms with Crippen molar-refractivity contribution in [3.05, 3.63) is 36.7 Å². The molecule has 0 N–H and O–H groups in total. The Morgan fingerprint density at radius 2 is 0.929 bits per heavy atom. The molecule has 0 fully saturated rings. The molecule has 0 aliphatic carbocycles. The van der Waals surface area contributed by atoms with Gasteiger partial charge in [-0.15, -0.1) is 0 Å². The highest BCUT2D eigenvalue weighted by Gasteiger charge is 2.25. The molecule has 2 aromatic heterocycles. The molecule has 0 saturated carbocycles. The number of anilines is 4. The van der Waals surface area contributed by atoms with Crippen LogP contribution in [0.5, 0.6) is 0 Å². The third kappa shape index (κ3) is 4.57. The van der Waals surface area contributed by atoms with E-state index in [0.29, 0.717) is 24.2 Å². The second-order valence-corrected chi connectivity index (χ2v) is 8.44. The molecule has 154 valence electrons. The Morgan fingerprint density at radius 3 is 1.21 bits per heavy atom. The van der Waals surface area contributed by atoms with E-state index in [0.717, 1.165) is 23.0 Å². The summed E-state index contributed by atoms with van der Waals surface area (Å²) in [7, 11) is 2.11. The fourth-order valence-electron chi connectivity index (χ4n) is 4.00. The molecule has 0 spiro atoms. The Kier molecular flexibility index (Phi) is 7.28. The summed E-state index contributed by atoms with van der Waals surface area (Å²) in [5.74, 6) is 2.01. The maximum absolute atomic E-state index is 4.76. The summed E-state index contributed by atoms with van der Waals surface area (Å²) >= 11 is 0. The minimum atomic E-state index is 0.359. The lowest BCUT2D eigenvalue weighted by atomic mass is 10.2. The van der Waals surface area contributed by atoms with Gasteiger partial charge in [-0.25, -0.2) is 9.97 Å². The van der Waals surface area contributed by atoms with E-state index in [1.54, 1.807) is 0 Å². The standard InChI is InChI=1S/C23H37N5/c1-16(2)27(17(3)4)22-20(12-10-14-24-22)26(9)21-13-11-15-25-23(21)28(18(5)6)19(7)8/h10-19H,1-9H3. The van der Waals surface area contributed by atoms with Crippen molar-refractivity contribution in [2.45, 2.75) is 79.6 Å². The summed E-state index contributed by atoms with van der Waals surface area (Å²) < 4.78 is 0. The van der Waals surface area contributed by atoms with Crippen molar-refractivity contribution < 1.29 is 0 Å². The smallest absolute Gasteiger partial charge is 0.152 e. The first-order valence-electron chi connectivity index (χ1n) is 10.4. The van der Waals surface area contributed by atoms with Crippen molar-refractivity contribution in [2.24, 2.45) is 0 Å². The summed E-state index contributed by atoms with van der Waals surface area (Å²) in [5.41, 5.74) is 2.18. The van der Waals surface area contributed by atoms with E-state index in [1.165, 1.54) is 0 Å². The molecule has 0 atom stereocenters. The van der Waals surface area contributed by atoms with Crippen molar-refractivity contribution in [1.82, 2.24) is 9.97 Å². The maximum Gasteiger partial charge on any atom is 0.152 e. The van der Waals surface area contributed by atoms with E-state index in [4.69, 9.17) is 9.97 Å². The van der Waals surface area contributed by atoms with Crippen LogP contribution in [0.3, 0.4) is 0 Å². The summed E-state index contributed by atoms with van der Waals surface area (Å²) in [6.07, 6.45) is 3.76. The van der Waals surface area contributed by atoms with Gasteiger partial charge in [-0.2, -0.15) is 0 Å². The van der Waals surface area contributed by atoms with Gasteiger partial charge in [0.1, 0.15) is 0 Å². The van der Waals surface area contributed by atoms with Gasteiger partial charge in [-0.05, 0) is 79.7 Å². The summed E-state index contributed by atoms with van der Waals surface area (Å²) in [5, 5.41) is 0. The first-order chi connectivity index (χ1) is 13.2. The number of rotatable bonds is 8. The lowest BCUT2D eigenvalue weighted by Crippen LogP contribution is -2.39. The van der Waals surface area contributed by atoms with Crippen LogP contribution in [0.4, 0.5) is 23.0 Å². The average molecular weight is 384 g/mol. The minimum absolute atomic E-state index is 0.359. The number of hydrogen-bond acceptors (Lipinski definition) is 5. The minimum Gasteiger partial charge on any atom is -0.350 e. The number of pyridine rings is 2. The van der Waals surface area contributed by atoms with Gasteiger partial charge >= 0.3 is 0 Å². The van der Waals surface area contributed by atoms with E-state index in [2.05, 4.69) is 89.3 Å². The molecular formula is C23H37N5. The Labute approximate surface area is 171 Å². The van der Waals surface area contributed by atoms with E-state index in [-0.39, 0.29) is 0 Å². The van der Waals surface area contributed by atoms with Crippen molar-refractivity contribution in [3.8, 4) is 0 Å². The average Bonchev–Trinajstić information content (AvgIpc) is 2.61. The molecule has 0 amide bonds. The van der Waals surface area contributed by atoms with Gasteiger partial charge in [0.15, 0.2) is 11.6 Å². The van der Waals surface area contributed by atoms with E-state index < -0.39 is 0 Å². The van der Waals surface area contributed by atoms with Crippen LogP contribution in [0.2, 0.25) is 0 Å². The Balaban J connectivity index is 2.59. The quantitative estimate of drug-likeness (QED) is 0.602. The molecule has 0 aliphatic heterocycles. The SMILES string of the molecule is CC(C)N(c1ncccc1N(C)c1cccnc1N(C(C)C)C(C)C)C(C)C. The molecule has 28 heavy (non-hydrogen) atoms. The Morgan fingerprint density at radius 1 is 0.607 bits per heavy atom. The van der Waals surface area contributed by atoms with Crippen LogP contribution in [0, 0.1) is 0 Å². The highest BCUT2D eigenvalue weighted by molar-refractivity contribution is 5.80. The van der Waals surface area contributed by atoms with Gasteiger partial charge in [0.2, 0.25) is 0 Å². The third-order valence-electron chi connectivity index (χ3n) is 4.97. The van der Waals surface area contributed by atoms with Crippen LogP contribution in [0.15, 0.2) is 36.7 Å².